The maximum Gasteiger partial charge on any atom is 0.262 e. The molecule has 3 rings (SSSR count). The van der Waals surface area contributed by atoms with Crippen LogP contribution in [0.5, 0.6) is 11.5 Å². The van der Waals surface area contributed by atoms with E-state index in [4.69, 9.17) is 9.47 Å². The zero-order valence-corrected chi connectivity index (χ0v) is 17.5. The van der Waals surface area contributed by atoms with Gasteiger partial charge in [0.05, 0.1) is 12.0 Å². The lowest BCUT2D eigenvalue weighted by Crippen LogP contribution is -2.35. The molecule has 1 amide bonds. The minimum atomic E-state index is -3.49. The highest BCUT2D eigenvalue weighted by Crippen LogP contribution is 2.26. The molecule has 0 bridgehead atoms. The van der Waals surface area contributed by atoms with Crippen LogP contribution >= 0.6 is 0 Å². The minimum Gasteiger partial charge on any atom is -0.497 e. The van der Waals surface area contributed by atoms with Gasteiger partial charge in [-0.05, 0) is 55.7 Å². The summed E-state index contributed by atoms with van der Waals surface area (Å²) in [4.78, 5) is 12.4. The Bertz CT molecular complexity index is 969. The Kier molecular flexibility index (Phi) is 6.76. The molecule has 0 atom stereocenters. The molecule has 0 saturated carbocycles. The van der Waals surface area contributed by atoms with Crippen LogP contribution in [-0.2, 0) is 14.8 Å². The van der Waals surface area contributed by atoms with Crippen molar-refractivity contribution < 1.29 is 22.7 Å². The van der Waals surface area contributed by atoms with Crippen molar-refractivity contribution in [2.45, 2.75) is 31.1 Å². The van der Waals surface area contributed by atoms with Crippen LogP contribution in [0.3, 0.4) is 0 Å². The zero-order valence-electron chi connectivity index (χ0n) is 16.7. The second kappa shape index (κ2) is 9.28. The van der Waals surface area contributed by atoms with Crippen LogP contribution in [0.15, 0.2) is 47.4 Å². The van der Waals surface area contributed by atoms with Gasteiger partial charge < -0.3 is 14.8 Å². The summed E-state index contributed by atoms with van der Waals surface area (Å²) in [5, 5.41) is 2.74. The summed E-state index contributed by atoms with van der Waals surface area (Å²) < 4.78 is 37.8. The third-order valence-corrected chi connectivity index (χ3v) is 6.71. The predicted octanol–water partition coefficient (Wildman–Crippen LogP) is 3.20. The number of methoxy groups -OCH3 is 1. The lowest BCUT2D eigenvalue weighted by molar-refractivity contribution is -0.118. The van der Waals surface area contributed by atoms with Gasteiger partial charge in [-0.3, -0.25) is 4.79 Å². The first kappa shape index (κ1) is 21.1. The van der Waals surface area contributed by atoms with Gasteiger partial charge in [-0.25, -0.2) is 8.42 Å². The van der Waals surface area contributed by atoms with E-state index in [1.807, 2.05) is 0 Å². The van der Waals surface area contributed by atoms with Crippen molar-refractivity contribution in [3.63, 3.8) is 0 Å². The number of hydrogen-bond donors (Lipinski definition) is 1. The molecule has 0 radical (unpaired) electrons. The molecule has 1 N–H and O–H groups in total. The normalized spacial score (nSPS) is 15.0. The average Bonchev–Trinajstić information content (AvgIpc) is 2.73. The van der Waals surface area contributed by atoms with Crippen LogP contribution in [-0.4, -0.2) is 45.4 Å². The van der Waals surface area contributed by atoms with Crippen molar-refractivity contribution in [3.05, 3.63) is 48.0 Å². The van der Waals surface area contributed by atoms with E-state index in [1.165, 1.54) is 10.4 Å². The molecule has 1 saturated heterocycles. The topological polar surface area (TPSA) is 84.9 Å². The Hall–Kier alpha value is -2.58. The van der Waals surface area contributed by atoms with Crippen LogP contribution < -0.4 is 14.8 Å². The number of benzene rings is 2. The fraction of sp³-hybridized carbons (Fsp3) is 0.381. The monoisotopic (exact) mass is 418 g/mol. The standard InChI is InChI=1S/C21H26N2O5S/c1-16-13-19(29(25,26)23-11-4-3-5-12-23)9-10-20(16)28-15-21(24)22-17-7-6-8-18(14-17)27-2/h6-10,13-14H,3-5,11-12,15H2,1-2H3,(H,22,24). The van der Waals surface area contributed by atoms with Crippen LogP contribution in [0.4, 0.5) is 5.69 Å². The van der Waals surface area contributed by atoms with E-state index < -0.39 is 10.0 Å². The number of nitrogens with zero attached hydrogens (tertiary/aromatic N) is 1. The molecule has 8 heteroatoms. The number of amides is 1. The van der Waals surface area contributed by atoms with Crippen molar-refractivity contribution in [1.82, 2.24) is 4.31 Å². The summed E-state index contributed by atoms with van der Waals surface area (Å²) in [5.74, 6) is 0.802. The number of sulfonamides is 1. The van der Waals surface area contributed by atoms with Crippen molar-refractivity contribution in [1.29, 1.82) is 0 Å². The summed E-state index contributed by atoms with van der Waals surface area (Å²) >= 11 is 0. The third kappa shape index (κ3) is 5.27. The molecule has 1 aliphatic heterocycles. The third-order valence-electron chi connectivity index (χ3n) is 4.81. The van der Waals surface area contributed by atoms with Gasteiger partial charge in [-0.2, -0.15) is 4.31 Å². The van der Waals surface area contributed by atoms with Crippen molar-refractivity contribution >= 4 is 21.6 Å². The Morgan fingerprint density at radius 3 is 2.55 bits per heavy atom. The SMILES string of the molecule is COc1cccc(NC(=O)COc2ccc(S(=O)(=O)N3CCCCC3)cc2C)c1. The largest absolute Gasteiger partial charge is 0.497 e. The fourth-order valence-electron chi connectivity index (χ4n) is 3.24. The molecule has 0 aromatic heterocycles. The van der Waals surface area contributed by atoms with Crippen LogP contribution in [0.25, 0.3) is 0 Å². The molecule has 2 aromatic rings. The van der Waals surface area contributed by atoms with E-state index in [2.05, 4.69) is 5.32 Å². The molecule has 7 nitrogen and oxygen atoms in total. The van der Waals surface area contributed by atoms with Gasteiger partial charge in [-0.15, -0.1) is 0 Å². The molecule has 0 unspecified atom stereocenters. The Labute approximate surface area is 171 Å². The number of piperidine rings is 1. The molecule has 2 aromatic carbocycles. The van der Waals surface area contributed by atoms with E-state index in [0.29, 0.717) is 35.8 Å². The maximum atomic E-state index is 12.8. The minimum absolute atomic E-state index is 0.184. The summed E-state index contributed by atoms with van der Waals surface area (Å²) in [7, 11) is -1.94. The lowest BCUT2D eigenvalue weighted by atomic mass is 10.2. The number of carbonyl (C=O) groups excluding carboxylic acids is 1. The number of carbonyl (C=O) groups is 1. The van der Waals surface area contributed by atoms with Gasteiger partial charge in [-0.1, -0.05) is 12.5 Å². The van der Waals surface area contributed by atoms with Gasteiger partial charge in [0.2, 0.25) is 10.0 Å². The molecule has 0 spiro atoms. The van der Waals surface area contributed by atoms with Crippen LogP contribution in [0.2, 0.25) is 0 Å². The van der Waals surface area contributed by atoms with Crippen LogP contribution in [0, 0.1) is 6.92 Å². The molecule has 156 valence electrons. The number of rotatable bonds is 7. The van der Waals surface area contributed by atoms with Crippen molar-refractivity contribution in [3.8, 4) is 11.5 Å². The number of aryl methyl sites for hydroxylation is 1. The van der Waals surface area contributed by atoms with Crippen LogP contribution in [0.1, 0.15) is 24.8 Å². The van der Waals surface area contributed by atoms with Gasteiger partial charge in [0.15, 0.2) is 6.61 Å². The molecule has 1 aliphatic rings. The zero-order chi connectivity index (χ0) is 20.9. The lowest BCUT2D eigenvalue weighted by Gasteiger charge is -2.26. The second-order valence-electron chi connectivity index (χ2n) is 6.96. The summed E-state index contributed by atoms with van der Waals surface area (Å²) in [6.07, 6.45) is 2.85. The summed E-state index contributed by atoms with van der Waals surface area (Å²) in [5.41, 5.74) is 1.27. The number of hydrogen-bond acceptors (Lipinski definition) is 5. The molecular formula is C21H26N2O5S. The van der Waals surface area contributed by atoms with E-state index in [1.54, 1.807) is 50.4 Å². The molecular weight excluding hydrogens is 392 g/mol. The van der Waals surface area contributed by atoms with Gasteiger partial charge in [0.1, 0.15) is 11.5 Å². The number of nitrogens with one attached hydrogen (secondary N) is 1. The average molecular weight is 419 g/mol. The molecule has 1 heterocycles. The van der Waals surface area contributed by atoms with E-state index in [0.717, 1.165) is 19.3 Å². The van der Waals surface area contributed by atoms with E-state index in [-0.39, 0.29) is 17.4 Å². The molecule has 29 heavy (non-hydrogen) atoms. The Balaban J connectivity index is 1.62. The number of anilines is 1. The van der Waals surface area contributed by atoms with E-state index >= 15 is 0 Å². The second-order valence-corrected chi connectivity index (χ2v) is 8.90. The predicted molar refractivity (Wildman–Crippen MR) is 111 cm³/mol. The Morgan fingerprint density at radius 1 is 1.10 bits per heavy atom. The highest BCUT2D eigenvalue weighted by Gasteiger charge is 2.26. The van der Waals surface area contributed by atoms with Gasteiger partial charge in [0, 0.05) is 24.8 Å². The maximum absolute atomic E-state index is 12.8. The first-order valence-electron chi connectivity index (χ1n) is 9.57. The van der Waals surface area contributed by atoms with Gasteiger partial charge >= 0.3 is 0 Å². The van der Waals surface area contributed by atoms with E-state index in [9.17, 15) is 13.2 Å². The smallest absolute Gasteiger partial charge is 0.262 e. The summed E-state index contributed by atoms with van der Waals surface area (Å²) in [6.45, 7) is 2.70. The molecule has 1 fully saturated rings. The first-order chi connectivity index (χ1) is 13.9. The highest BCUT2D eigenvalue weighted by atomic mass is 32.2. The number of ether oxygens (including phenoxy) is 2. The first-order valence-corrected chi connectivity index (χ1v) is 11.0. The quantitative estimate of drug-likeness (QED) is 0.746. The Morgan fingerprint density at radius 2 is 1.86 bits per heavy atom. The van der Waals surface area contributed by atoms with Gasteiger partial charge in [0.25, 0.3) is 5.91 Å². The molecule has 0 aliphatic carbocycles. The summed E-state index contributed by atoms with van der Waals surface area (Å²) in [6, 6.07) is 11.8. The van der Waals surface area contributed by atoms with Crippen molar-refractivity contribution in [2.75, 3.05) is 32.1 Å². The fourth-order valence-corrected chi connectivity index (χ4v) is 4.84. The van der Waals surface area contributed by atoms with Crippen molar-refractivity contribution in [2.24, 2.45) is 0 Å². The highest BCUT2D eigenvalue weighted by molar-refractivity contribution is 7.89.